The maximum absolute atomic E-state index is 11.1. The molecule has 112 valence electrons. The van der Waals surface area contributed by atoms with E-state index in [4.69, 9.17) is 4.74 Å². The third kappa shape index (κ3) is 7.11. The number of hydrogen-bond acceptors (Lipinski definition) is 5. The molecule has 0 aromatic rings. The van der Waals surface area contributed by atoms with Crippen LogP contribution in [0.25, 0.3) is 0 Å². The fourth-order valence-corrected chi connectivity index (χ4v) is 1.32. The molecule has 1 rings (SSSR count). The van der Waals surface area contributed by atoms with Crippen LogP contribution >= 0.6 is 9.24 Å². The van der Waals surface area contributed by atoms with Gasteiger partial charge in [-0.15, -0.1) is 9.24 Å². The predicted molar refractivity (Wildman–Crippen MR) is 76.0 cm³/mol. The molecule has 7 nitrogen and oxygen atoms in total. The summed E-state index contributed by atoms with van der Waals surface area (Å²) in [6.45, 7) is 2.43. The van der Waals surface area contributed by atoms with Crippen LogP contribution in [0.15, 0.2) is 12.2 Å². The molecule has 0 spiro atoms. The van der Waals surface area contributed by atoms with E-state index in [1.807, 2.05) is 6.66 Å². The van der Waals surface area contributed by atoms with Crippen LogP contribution in [0.2, 0.25) is 0 Å². The van der Waals surface area contributed by atoms with Gasteiger partial charge in [0, 0.05) is 18.6 Å². The molecule has 0 aromatic heterocycles. The SMILES string of the molecule is CP.O=CCNC(=O)CCOCCN1C(=O)C=CC1=O. The van der Waals surface area contributed by atoms with Crippen molar-refractivity contribution in [1.82, 2.24) is 10.2 Å². The summed E-state index contributed by atoms with van der Waals surface area (Å²) in [5.41, 5.74) is 0. The minimum Gasteiger partial charge on any atom is -0.379 e. The van der Waals surface area contributed by atoms with Crippen molar-refractivity contribution in [3.05, 3.63) is 12.2 Å². The zero-order chi connectivity index (χ0) is 15.4. The summed E-state index contributed by atoms with van der Waals surface area (Å²) in [4.78, 5) is 44.4. The molecule has 0 saturated carbocycles. The van der Waals surface area contributed by atoms with Gasteiger partial charge in [0.15, 0.2) is 0 Å². The molecule has 1 aliphatic rings. The van der Waals surface area contributed by atoms with E-state index >= 15 is 0 Å². The normalized spacial score (nSPS) is 13.0. The summed E-state index contributed by atoms with van der Waals surface area (Å²) >= 11 is 0. The third-order valence-electron chi connectivity index (χ3n) is 2.22. The molecule has 8 heteroatoms. The lowest BCUT2D eigenvalue weighted by Crippen LogP contribution is -2.33. The Labute approximate surface area is 119 Å². The molecular formula is C12H19N2O5P. The average Bonchev–Trinajstić information content (AvgIpc) is 2.78. The molecule has 0 saturated heterocycles. The monoisotopic (exact) mass is 302 g/mol. The van der Waals surface area contributed by atoms with Gasteiger partial charge in [-0.2, -0.15) is 0 Å². The Morgan fingerprint density at radius 3 is 2.45 bits per heavy atom. The molecule has 0 aliphatic carbocycles. The van der Waals surface area contributed by atoms with Crippen LogP contribution in [0.5, 0.6) is 0 Å². The average molecular weight is 302 g/mol. The van der Waals surface area contributed by atoms with Gasteiger partial charge in [0.2, 0.25) is 5.91 Å². The number of imide groups is 1. The first kappa shape index (κ1) is 18.4. The second-order valence-electron chi connectivity index (χ2n) is 3.49. The molecule has 1 N–H and O–H groups in total. The molecule has 0 fully saturated rings. The van der Waals surface area contributed by atoms with Crippen molar-refractivity contribution < 1.29 is 23.9 Å². The number of carbonyl (C=O) groups excluding carboxylic acids is 4. The van der Waals surface area contributed by atoms with E-state index in [1.54, 1.807) is 0 Å². The van der Waals surface area contributed by atoms with Crippen molar-refractivity contribution in [2.45, 2.75) is 6.42 Å². The van der Waals surface area contributed by atoms with Crippen molar-refractivity contribution >= 4 is 33.2 Å². The first-order valence-electron chi connectivity index (χ1n) is 6.04. The van der Waals surface area contributed by atoms with Crippen molar-refractivity contribution in [2.24, 2.45) is 0 Å². The quantitative estimate of drug-likeness (QED) is 0.272. The molecule has 0 radical (unpaired) electrons. The number of aldehydes is 1. The largest absolute Gasteiger partial charge is 0.379 e. The summed E-state index contributed by atoms with van der Waals surface area (Å²) in [6.07, 6.45) is 3.13. The highest BCUT2D eigenvalue weighted by Gasteiger charge is 2.22. The van der Waals surface area contributed by atoms with Gasteiger partial charge in [-0.25, -0.2) is 0 Å². The van der Waals surface area contributed by atoms with Crippen molar-refractivity contribution in [3.8, 4) is 0 Å². The summed E-state index contributed by atoms with van der Waals surface area (Å²) in [6, 6.07) is 0. The van der Waals surface area contributed by atoms with Crippen LogP contribution in [0.4, 0.5) is 0 Å². The summed E-state index contributed by atoms with van der Waals surface area (Å²) < 4.78 is 5.12. The molecule has 1 aliphatic heterocycles. The number of nitrogens with one attached hydrogen (secondary N) is 1. The highest BCUT2D eigenvalue weighted by atomic mass is 31.0. The van der Waals surface area contributed by atoms with E-state index < -0.39 is 0 Å². The zero-order valence-electron chi connectivity index (χ0n) is 11.3. The standard InChI is InChI=1S/C11H14N2O5.CH5P/c14-6-4-12-9(15)3-7-18-8-5-13-10(16)1-2-11(13)17;1-2/h1-2,6H,3-5,7-8H2,(H,12,15);2H2,1H3. The zero-order valence-corrected chi connectivity index (χ0v) is 12.5. The van der Waals surface area contributed by atoms with Gasteiger partial charge in [-0.05, 0) is 0 Å². The lowest BCUT2D eigenvalue weighted by Gasteiger charge is -2.13. The van der Waals surface area contributed by atoms with Gasteiger partial charge >= 0.3 is 0 Å². The van der Waals surface area contributed by atoms with E-state index in [0.717, 1.165) is 4.90 Å². The lowest BCUT2D eigenvalue weighted by atomic mass is 10.4. The smallest absolute Gasteiger partial charge is 0.253 e. The highest BCUT2D eigenvalue weighted by Crippen LogP contribution is 2.02. The predicted octanol–water partition coefficient (Wildman–Crippen LogP) is -0.875. The number of carbonyl (C=O) groups is 4. The Hall–Kier alpha value is -1.59. The Bertz CT molecular complexity index is 366. The number of ether oxygens (including phenoxy) is 1. The minimum absolute atomic E-state index is 0.0126. The van der Waals surface area contributed by atoms with E-state index in [2.05, 4.69) is 14.6 Å². The summed E-state index contributed by atoms with van der Waals surface area (Å²) in [5, 5.41) is 2.36. The number of rotatable bonds is 8. The first-order chi connectivity index (χ1) is 9.65. The Morgan fingerprint density at radius 1 is 1.30 bits per heavy atom. The lowest BCUT2D eigenvalue weighted by molar-refractivity contribution is -0.138. The maximum Gasteiger partial charge on any atom is 0.253 e. The number of nitrogens with zero attached hydrogens (tertiary/aromatic N) is 1. The Balaban J connectivity index is 0.00000172. The van der Waals surface area contributed by atoms with Gasteiger partial charge in [-0.3, -0.25) is 19.3 Å². The Morgan fingerprint density at radius 2 is 1.90 bits per heavy atom. The fourth-order valence-electron chi connectivity index (χ4n) is 1.32. The van der Waals surface area contributed by atoms with Crippen LogP contribution in [0.3, 0.4) is 0 Å². The van der Waals surface area contributed by atoms with E-state index in [0.29, 0.717) is 6.29 Å². The van der Waals surface area contributed by atoms with Crippen LogP contribution in [-0.2, 0) is 23.9 Å². The van der Waals surface area contributed by atoms with Crippen LogP contribution in [0, 0.1) is 0 Å². The van der Waals surface area contributed by atoms with Crippen molar-refractivity contribution in [3.63, 3.8) is 0 Å². The van der Waals surface area contributed by atoms with Crippen molar-refractivity contribution in [1.29, 1.82) is 0 Å². The molecule has 20 heavy (non-hydrogen) atoms. The molecule has 1 unspecified atom stereocenters. The van der Waals surface area contributed by atoms with Crippen LogP contribution < -0.4 is 5.32 Å². The van der Waals surface area contributed by atoms with Crippen molar-refractivity contribution in [2.75, 3.05) is 33.0 Å². The number of amides is 3. The first-order valence-corrected chi connectivity index (χ1v) is 7.20. The topological polar surface area (TPSA) is 92.8 Å². The van der Waals surface area contributed by atoms with Gasteiger partial charge in [0.25, 0.3) is 11.8 Å². The maximum atomic E-state index is 11.1. The highest BCUT2D eigenvalue weighted by molar-refractivity contribution is 7.15. The van der Waals surface area contributed by atoms with Gasteiger partial charge < -0.3 is 14.8 Å². The molecular weight excluding hydrogens is 283 g/mol. The van der Waals surface area contributed by atoms with E-state index in [-0.39, 0.29) is 50.4 Å². The number of hydrogen-bond donors (Lipinski definition) is 1. The van der Waals surface area contributed by atoms with Gasteiger partial charge in [-0.1, -0.05) is 6.66 Å². The fraction of sp³-hybridized carbons (Fsp3) is 0.500. The second kappa shape index (κ2) is 11.3. The summed E-state index contributed by atoms with van der Waals surface area (Å²) in [7, 11) is 2.42. The molecule has 0 bridgehead atoms. The minimum atomic E-state index is -0.354. The third-order valence-corrected chi connectivity index (χ3v) is 2.22. The van der Waals surface area contributed by atoms with Gasteiger partial charge in [0.1, 0.15) is 6.29 Å². The second-order valence-corrected chi connectivity index (χ2v) is 3.49. The molecule has 0 aromatic carbocycles. The van der Waals surface area contributed by atoms with E-state index in [1.165, 1.54) is 12.2 Å². The summed E-state index contributed by atoms with van der Waals surface area (Å²) in [5.74, 6) is -0.989. The van der Waals surface area contributed by atoms with E-state index in [9.17, 15) is 19.2 Å². The Kier molecular flexibility index (Phi) is 10.4. The molecule has 3 amide bonds. The molecule has 1 atom stereocenters. The van der Waals surface area contributed by atoms with Crippen LogP contribution in [-0.4, -0.2) is 61.9 Å². The molecule has 1 heterocycles. The van der Waals surface area contributed by atoms with Gasteiger partial charge in [0.05, 0.1) is 26.3 Å². The van der Waals surface area contributed by atoms with Crippen LogP contribution in [0.1, 0.15) is 6.42 Å².